The van der Waals surface area contributed by atoms with Crippen molar-refractivity contribution >= 4 is 5.97 Å². The summed E-state index contributed by atoms with van der Waals surface area (Å²) in [6, 6.07) is 8.27. The molecule has 0 fully saturated rings. The SMILES string of the molecule is N#[N+]OC(=O)c1ccccc1. The van der Waals surface area contributed by atoms with Crippen molar-refractivity contribution in [2.45, 2.75) is 0 Å². The van der Waals surface area contributed by atoms with Crippen LogP contribution >= 0.6 is 0 Å². The first kappa shape index (κ1) is 7.22. The Bertz CT molecular complexity index is 289. The summed E-state index contributed by atoms with van der Waals surface area (Å²) in [7, 11) is 0. The molecule has 1 rings (SSSR count). The minimum atomic E-state index is -0.673. The van der Waals surface area contributed by atoms with Gasteiger partial charge in [0, 0.05) is 0 Å². The van der Waals surface area contributed by atoms with Gasteiger partial charge in [0.1, 0.15) is 0 Å². The third kappa shape index (κ3) is 1.76. The average molecular weight is 149 g/mol. The van der Waals surface area contributed by atoms with Gasteiger partial charge in [0.05, 0.1) is 5.56 Å². The normalized spacial score (nSPS) is 8.27. The van der Waals surface area contributed by atoms with Gasteiger partial charge in [-0.15, -0.1) is 0 Å². The first-order valence-corrected chi connectivity index (χ1v) is 2.95. The van der Waals surface area contributed by atoms with E-state index in [9.17, 15) is 4.79 Å². The summed E-state index contributed by atoms with van der Waals surface area (Å²) in [6.45, 7) is 0. The molecule has 11 heavy (non-hydrogen) atoms. The summed E-state index contributed by atoms with van der Waals surface area (Å²) in [6.07, 6.45) is 0. The molecule has 54 valence electrons. The number of diazo groups is 1. The van der Waals surface area contributed by atoms with Gasteiger partial charge in [-0.25, -0.2) is 4.79 Å². The van der Waals surface area contributed by atoms with Gasteiger partial charge in [0.2, 0.25) is 0 Å². The Morgan fingerprint density at radius 2 is 2.00 bits per heavy atom. The Hall–Kier alpha value is -1.89. The maximum Gasteiger partial charge on any atom is 0.466 e. The van der Waals surface area contributed by atoms with E-state index in [0.29, 0.717) is 5.56 Å². The molecule has 0 aliphatic carbocycles. The lowest BCUT2D eigenvalue weighted by atomic mass is 10.2. The van der Waals surface area contributed by atoms with Crippen LogP contribution in [0.4, 0.5) is 0 Å². The largest absolute Gasteiger partial charge is 0.466 e. The molecular weight excluding hydrogens is 144 g/mol. The first-order chi connectivity index (χ1) is 5.34. The van der Waals surface area contributed by atoms with Crippen molar-refractivity contribution in [1.82, 2.24) is 0 Å². The smallest absolute Gasteiger partial charge is 0.237 e. The molecule has 0 amide bonds. The van der Waals surface area contributed by atoms with E-state index in [4.69, 9.17) is 5.39 Å². The lowest BCUT2D eigenvalue weighted by molar-refractivity contribution is 0.0647. The average Bonchev–Trinajstić information content (AvgIpc) is 2.07. The molecule has 0 heterocycles. The van der Waals surface area contributed by atoms with Crippen LogP contribution in [0.2, 0.25) is 0 Å². The Kier molecular flexibility index (Phi) is 2.18. The van der Waals surface area contributed by atoms with E-state index >= 15 is 0 Å². The molecule has 0 aromatic heterocycles. The monoisotopic (exact) mass is 149 g/mol. The molecule has 1 aromatic rings. The molecule has 0 saturated carbocycles. The van der Waals surface area contributed by atoms with Crippen LogP contribution in [0.1, 0.15) is 10.4 Å². The molecule has 4 heteroatoms. The number of benzene rings is 1. The number of rotatable bonds is 1. The molecule has 0 unspecified atom stereocenters. The number of hydrogen-bond donors (Lipinski definition) is 0. The van der Waals surface area contributed by atoms with Crippen LogP contribution in [0.3, 0.4) is 0 Å². The first-order valence-electron chi connectivity index (χ1n) is 2.95. The van der Waals surface area contributed by atoms with Gasteiger partial charge in [0.15, 0.2) is 0 Å². The highest BCUT2D eigenvalue weighted by Gasteiger charge is 2.12. The maximum atomic E-state index is 10.8. The molecule has 0 atom stereocenters. The van der Waals surface area contributed by atoms with Gasteiger partial charge in [-0.3, -0.25) is 0 Å². The van der Waals surface area contributed by atoms with Crippen molar-refractivity contribution < 1.29 is 9.63 Å². The van der Waals surface area contributed by atoms with Crippen molar-refractivity contribution in [2.75, 3.05) is 0 Å². The van der Waals surface area contributed by atoms with Crippen molar-refractivity contribution in [3.05, 3.63) is 41.0 Å². The second-order valence-electron chi connectivity index (χ2n) is 1.83. The summed E-state index contributed by atoms with van der Waals surface area (Å²) >= 11 is 0. The summed E-state index contributed by atoms with van der Waals surface area (Å²) in [4.78, 5) is 14.7. The minimum absolute atomic E-state index is 0.352. The molecular formula is C7H5N2O2+. The van der Waals surface area contributed by atoms with E-state index in [2.05, 4.69) is 9.98 Å². The third-order valence-corrected chi connectivity index (χ3v) is 1.13. The second kappa shape index (κ2) is 3.32. The molecule has 0 saturated heterocycles. The number of carbonyl (C=O) groups excluding carboxylic acids is 1. The van der Waals surface area contributed by atoms with Gasteiger partial charge < -0.3 is 0 Å². The molecule has 0 spiro atoms. The van der Waals surface area contributed by atoms with E-state index in [0.717, 1.165) is 0 Å². The fourth-order valence-electron chi connectivity index (χ4n) is 0.664. The molecule has 0 aliphatic rings. The van der Waals surface area contributed by atoms with E-state index in [1.165, 1.54) is 0 Å². The van der Waals surface area contributed by atoms with Crippen LogP contribution in [0.15, 0.2) is 30.3 Å². The van der Waals surface area contributed by atoms with Crippen LogP contribution in [0.5, 0.6) is 0 Å². The van der Waals surface area contributed by atoms with E-state index < -0.39 is 5.97 Å². The van der Waals surface area contributed by atoms with E-state index in [-0.39, 0.29) is 0 Å². The zero-order valence-electron chi connectivity index (χ0n) is 5.60. The standard InChI is InChI=1S/C7H5N2O2/c8-9-11-7(10)6-4-2-1-3-5-6/h1-5H/q+1. The highest BCUT2D eigenvalue weighted by molar-refractivity contribution is 5.89. The van der Waals surface area contributed by atoms with Crippen molar-refractivity contribution in [3.63, 3.8) is 0 Å². The van der Waals surface area contributed by atoms with Crippen LogP contribution in [-0.2, 0) is 4.84 Å². The summed E-state index contributed by atoms with van der Waals surface area (Å²) in [5.74, 6) is -0.673. The van der Waals surface area contributed by atoms with Gasteiger partial charge in [0.25, 0.3) is 5.39 Å². The highest BCUT2D eigenvalue weighted by Crippen LogP contribution is 2.00. The van der Waals surface area contributed by atoms with Crippen LogP contribution in [0, 0.1) is 5.39 Å². The Balaban J connectivity index is 2.79. The van der Waals surface area contributed by atoms with E-state index in [1.807, 2.05) is 0 Å². The molecule has 0 bridgehead atoms. The molecule has 0 N–H and O–H groups in total. The number of carbonyl (C=O) groups is 1. The van der Waals surface area contributed by atoms with Crippen molar-refractivity contribution in [1.29, 1.82) is 5.39 Å². The fourth-order valence-corrected chi connectivity index (χ4v) is 0.664. The Morgan fingerprint density at radius 3 is 2.55 bits per heavy atom. The van der Waals surface area contributed by atoms with Gasteiger partial charge >= 0.3 is 11.1 Å². The predicted octanol–water partition coefficient (Wildman–Crippen LogP) is 1.61. The van der Waals surface area contributed by atoms with Gasteiger partial charge in [-0.2, -0.15) is 0 Å². The topological polar surface area (TPSA) is 54.4 Å². The Labute approximate surface area is 63.0 Å². The quantitative estimate of drug-likeness (QED) is 0.450. The van der Waals surface area contributed by atoms with E-state index in [1.54, 1.807) is 30.3 Å². The lowest BCUT2D eigenvalue weighted by Crippen LogP contribution is -1.97. The minimum Gasteiger partial charge on any atom is -0.237 e. The summed E-state index contributed by atoms with van der Waals surface area (Å²) in [5, 5.41) is 10.1. The molecule has 0 radical (unpaired) electrons. The van der Waals surface area contributed by atoms with Crippen molar-refractivity contribution in [2.24, 2.45) is 0 Å². The van der Waals surface area contributed by atoms with Gasteiger partial charge in [-0.05, 0) is 17.0 Å². The lowest BCUT2D eigenvalue weighted by Gasteiger charge is -1.86. The van der Waals surface area contributed by atoms with Crippen LogP contribution in [0.25, 0.3) is 5.14 Å². The van der Waals surface area contributed by atoms with Crippen molar-refractivity contribution in [3.8, 4) is 0 Å². The van der Waals surface area contributed by atoms with Gasteiger partial charge in [-0.1, -0.05) is 18.2 Å². The number of nitrogens with zero attached hydrogens (tertiary/aromatic N) is 2. The third-order valence-electron chi connectivity index (χ3n) is 1.13. The molecule has 1 aromatic carbocycles. The fraction of sp³-hybridized carbons (Fsp3) is 0. The van der Waals surface area contributed by atoms with Crippen LogP contribution in [-0.4, -0.2) is 5.97 Å². The highest BCUT2D eigenvalue weighted by atomic mass is 16.7. The Morgan fingerprint density at radius 1 is 1.36 bits per heavy atom. The number of hydrogen-bond acceptors (Lipinski definition) is 3. The summed E-state index contributed by atoms with van der Waals surface area (Å²) < 4.78 is 0. The van der Waals surface area contributed by atoms with Crippen LogP contribution < -0.4 is 0 Å². The summed E-state index contributed by atoms with van der Waals surface area (Å²) in [5.41, 5.74) is 0.352. The second-order valence-corrected chi connectivity index (χ2v) is 1.83. The maximum absolute atomic E-state index is 10.8. The molecule has 0 aliphatic heterocycles. The molecule has 4 nitrogen and oxygen atoms in total. The zero-order chi connectivity index (χ0) is 8.10. The predicted molar refractivity (Wildman–Crippen MR) is 36.9 cm³/mol. The zero-order valence-corrected chi connectivity index (χ0v) is 5.60.